The van der Waals surface area contributed by atoms with E-state index < -0.39 is 10.0 Å². The van der Waals surface area contributed by atoms with E-state index in [1.54, 1.807) is 46.8 Å². The third kappa shape index (κ3) is 4.96. The van der Waals surface area contributed by atoms with Crippen LogP contribution in [0, 0.1) is 0 Å². The molecule has 0 fully saturated rings. The van der Waals surface area contributed by atoms with Crippen LogP contribution in [-0.2, 0) is 23.1 Å². The SMILES string of the molecule is CS(=O)(=O)Nc1cccc(C(=O)N(Cc2ccco2)Cc2cccs2)c1. The molecule has 1 amide bonds. The van der Waals surface area contributed by atoms with Gasteiger partial charge >= 0.3 is 0 Å². The topological polar surface area (TPSA) is 79.6 Å². The van der Waals surface area contributed by atoms with Crippen LogP contribution >= 0.6 is 11.3 Å². The molecule has 0 saturated heterocycles. The smallest absolute Gasteiger partial charge is 0.254 e. The van der Waals surface area contributed by atoms with Gasteiger partial charge < -0.3 is 9.32 Å². The maximum atomic E-state index is 13.0. The van der Waals surface area contributed by atoms with Crippen LogP contribution in [0.4, 0.5) is 5.69 Å². The van der Waals surface area contributed by atoms with Gasteiger partial charge in [0.1, 0.15) is 5.76 Å². The molecule has 0 atom stereocenters. The number of rotatable bonds is 7. The zero-order valence-electron chi connectivity index (χ0n) is 14.1. The zero-order chi connectivity index (χ0) is 18.6. The Kier molecular flexibility index (Phi) is 5.43. The predicted octanol–water partition coefficient (Wildman–Crippen LogP) is 3.56. The number of anilines is 1. The van der Waals surface area contributed by atoms with Crippen LogP contribution in [-0.4, -0.2) is 25.5 Å². The molecule has 0 aliphatic carbocycles. The number of thiophene rings is 1. The number of carbonyl (C=O) groups is 1. The second kappa shape index (κ2) is 7.76. The minimum absolute atomic E-state index is 0.202. The molecule has 1 aromatic carbocycles. The van der Waals surface area contributed by atoms with Gasteiger partial charge in [0, 0.05) is 16.1 Å². The molecule has 2 aromatic heterocycles. The molecule has 0 spiro atoms. The molecule has 6 nitrogen and oxygen atoms in total. The van der Waals surface area contributed by atoms with Gasteiger partial charge in [0.25, 0.3) is 5.91 Å². The monoisotopic (exact) mass is 390 g/mol. The average molecular weight is 390 g/mol. The van der Waals surface area contributed by atoms with Crippen molar-refractivity contribution in [2.24, 2.45) is 0 Å². The molecular formula is C18H18N2O4S2. The number of furan rings is 1. The number of hydrogen-bond acceptors (Lipinski definition) is 5. The first-order valence-electron chi connectivity index (χ1n) is 7.82. The number of sulfonamides is 1. The number of hydrogen-bond donors (Lipinski definition) is 1. The molecule has 0 aliphatic heterocycles. The van der Waals surface area contributed by atoms with Crippen LogP contribution in [0.2, 0.25) is 0 Å². The summed E-state index contributed by atoms with van der Waals surface area (Å²) in [6.45, 7) is 0.772. The normalized spacial score (nSPS) is 11.3. The van der Waals surface area contributed by atoms with E-state index in [0.717, 1.165) is 11.1 Å². The minimum Gasteiger partial charge on any atom is -0.467 e. The van der Waals surface area contributed by atoms with Gasteiger partial charge in [-0.15, -0.1) is 11.3 Å². The Morgan fingerprint density at radius 1 is 1.15 bits per heavy atom. The lowest BCUT2D eigenvalue weighted by Crippen LogP contribution is -2.29. The van der Waals surface area contributed by atoms with Gasteiger partial charge in [-0.25, -0.2) is 8.42 Å². The highest BCUT2D eigenvalue weighted by Gasteiger charge is 2.19. The van der Waals surface area contributed by atoms with Crippen molar-refractivity contribution in [3.8, 4) is 0 Å². The summed E-state index contributed by atoms with van der Waals surface area (Å²) < 4.78 is 30.6. The fraction of sp³-hybridized carbons (Fsp3) is 0.167. The van der Waals surface area contributed by atoms with Gasteiger partial charge in [0.2, 0.25) is 10.0 Å². The summed E-state index contributed by atoms with van der Waals surface area (Å²) in [5, 5.41) is 1.96. The molecule has 136 valence electrons. The largest absolute Gasteiger partial charge is 0.467 e. The average Bonchev–Trinajstić information content (AvgIpc) is 3.26. The van der Waals surface area contributed by atoms with Crippen LogP contribution < -0.4 is 4.72 Å². The fourth-order valence-corrected chi connectivity index (χ4v) is 3.77. The Morgan fingerprint density at radius 3 is 2.65 bits per heavy atom. The Labute approximate surface area is 156 Å². The Balaban J connectivity index is 1.85. The number of nitrogens with one attached hydrogen (secondary N) is 1. The summed E-state index contributed by atoms with van der Waals surface area (Å²) in [4.78, 5) is 15.7. The van der Waals surface area contributed by atoms with Crippen molar-refractivity contribution in [1.82, 2.24) is 4.90 Å². The third-order valence-electron chi connectivity index (χ3n) is 3.55. The van der Waals surface area contributed by atoms with Gasteiger partial charge in [-0.2, -0.15) is 0 Å². The molecule has 1 N–H and O–H groups in total. The van der Waals surface area contributed by atoms with Gasteiger partial charge in [0.15, 0.2) is 0 Å². The lowest BCUT2D eigenvalue weighted by molar-refractivity contribution is 0.0719. The lowest BCUT2D eigenvalue weighted by Gasteiger charge is -2.21. The van der Waals surface area contributed by atoms with Crippen LogP contribution in [0.25, 0.3) is 0 Å². The molecule has 3 rings (SSSR count). The van der Waals surface area contributed by atoms with Crippen LogP contribution in [0.5, 0.6) is 0 Å². The van der Waals surface area contributed by atoms with Crippen molar-refractivity contribution >= 4 is 33.0 Å². The molecule has 0 radical (unpaired) electrons. The quantitative estimate of drug-likeness (QED) is 0.669. The standard InChI is InChI=1S/C18H18N2O4S2/c1-26(22,23)19-15-6-2-5-14(11-15)18(21)20(12-16-7-3-9-24-16)13-17-8-4-10-25-17/h2-11,19H,12-13H2,1H3. The predicted molar refractivity (Wildman–Crippen MR) is 102 cm³/mol. The molecule has 8 heteroatoms. The third-order valence-corrected chi connectivity index (χ3v) is 5.02. The fourth-order valence-electron chi connectivity index (χ4n) is 2.49. The maximum absolute atomic E-state index is 13.0. The Bertz CT molecular complexity index is 928. The summed E-state index contributed by atoms with van der Waals surface area (Å²) in [6, 6.07) is 14.0. The second-order valence-electron chi connectivity index (χ2n) is 5.77. The maximum Gasteiger partial charge on any atom is 0.254 e. The van der Waals surface area contributed by atoms with Gasteiger partial charge in [-0.1, -0.05) is 12.1 Å². The van der Waals surface area contributed by atoms with Gasteiger partial charge in [0.05, 0.1) is 25.6 Å². The van der Waals surface area contributed by atoms with E-state index in [1.165, 1.54) is 6.07 Å². The molecule has 2 heterocycles. The number of nitrogens with zero attached hydrogens (tertiary/aromatic N) is 1. The second-order valence-corrected chi connectivity index (χ2v) is 8.56. The number of carbonyl (C=O) groups excluding carboxylic acids is 1. The highest BCUT2D eigenvalue weighted by atomic mass is 32.2. The van der Waals surface area contributed by atoms with Crippen LogP contribution in [0.1, 0.15) is 21.0 Å². The summed E-state index contributed by atoms with van der Waals surface area (Å²) in [5.41, 5.74) is 0.759. The van der Waals surface area contributed by atoms with E-state index in [9.17, 15) is 13.2 Å². The molecule has 0 aliphatic rings. The van der Waals surface area contributed by atoms with E-state index in [-0.39, 0.29) is 5.91 Å². The van der Waals surface area contributed by atoms with Gasteiger partial charge in [-0.05, 0) is 41.8 Å². The number of amides is 1. The Hall–Kier alpha value is -2.58. The van der Waals surface area contributed by atoms with E-state index in [1.807, 2.05) is 23.6 Å². The van der Waals surface area contributed by atoms with Crippen molar-refractivity contribution in [2.45, 2.75) is 13.1 Å². The molecule has 0 unspecified atom stereocenters. The van der Waals surface area contributed by atoms with Crippen molar-refractivity contribution < 1.29 is 17.6 Å². The van der Waals surface area contributed by atoms with Crippen molar-refractivity contribution in [2.75, 3.05) is 11.0 Å². The van der Waals surface area contributed by atoms with Crippen molar-refractivity contribution in [1.29, 1.82) is 0 Å². The Morgan fingerprint density at radius 2 is 2.00 bits per heavy atom. The molecule has 3 aromatic rings. The summed E-state index contributed by atoms with van der Waals surface area (Å²) in [7, 11) is -3.41. The van der Waals surface area contributed by atoms with Crippen LogP contribution in [0.3, 0.4) is 0 Å². The first kappa shape index (κ1) is 18.2. The molecular weight excluding hydrogens is 372 g/mol. The van der Waals surface area contributed by atoms with E-state index in [2.05, 4.69) is 4.72 Å². The van der Waals surface area contributed by atoms with Crippen molar-refractivity contribution in [3.05, 3.63) is 76.4 Å². The van der Waals surface area contributed by atoms with Gasteiger partial charge in [-0.3, -0.25) is 9.52 Å². The summed E-state index contributed by atoms with van der Waals surface area (Å²) in [6.07, 6.45) is 2.64. The molecule has 0 saturated carbocycles. The summed E-state index contributed by atoms with van der Waals surface area (Å²) >= 11 is 1.57. The number of benzene rings is 1. The first-order valence-corrected chi connectivity index (χ1v) is 10.6. The van der Waals surface area contributed by atoms with Crippen LogP contribution in [0.15, 0.2) is 64.6 Å². The minimum atomic E-state index is -3.41. The lowest BCUT2D eigenvalue weighted by atomic mass is 10.1. The van der Waals surface area contributed by atoms with E-state index in [0.29, 0.717) is 30.1 Å². The highest BCUT2D eigenvalue weighted by molar-refractivity contribution is 7.92. The zero-order valence-corrected chi connectivity index (χ0v) is 15.7. The molecule has 26 heavy (non-hydrogen) atoms. The molecule has 0 bridgehead atoms. The highest BCUT2D eigenvalue weighted by Crippen LogP contribution is 2.19. The van der Waals surface area contributed by atoms with E-state index >= 15 is 0 Å². The van der Waals surface area contributed by atoms with E-state index in [4.69, 9.17) is 4.42 Å². The summed E-state index contributed by atoms with van der Waals surface area (Å²) in [5.74, 6) is 0.479. The van der Waals surface area contributed by atoms with Crippen molar-refractivity contribution in [3.63, 3.8) is 0 Å². The first-order chi connectivity index (χ1) is 12.4.